The maximum absolute atomic E-state index is 12.4. The Morgan fingerprint density at radius 1 is 0.909 bits per heavy atom. The largest absolute Gasteiger partial charge is 0.497 e. The van der Waals surface area contributed by atoms with Crippen LogP contribution >= 0.6 is 11.8 Å². The molecule has 4 aromatic rings. The van der Waals surface area contributed by atoms with Gasteiger partial charge in [-0.15, -0.1) is 10.2 Å². The molecule has 0 fully saturated rings. The molecular weight excluding hydrogens is 432 g/mol. The van der Waals surface area contributed by atoms with Gasteiger partial charge in [-0.2, -0.15) is 0 Å². The summed E-state index contributed by atoms with van der Waals surface area (Å²) in [6, 6.07) is 28.1. The second kappa shape index (κ2) is 11.3. The smallest absolute Gasteiger partial charge is 0.230 e. The molecule has 0 radical (unpaired) electrons. The van der Waals surface area contributed by atoms with Gasteiger partial charge >= 0.3 is 0 Å². The quantitative estimate of drug-likeness (QED) is 0.359. The van der Waals surface area contributed by atoms with Crippen molar-refractivity contribution in [2.75, 3.05) is 19.4 Å². The third kappa shape index (κ3) is 6.23. The molecular formula is C26H26N4O2S. The molecule has 6 nitrogen and oxygen atoms in total. The first-order valence-corrected chi connectivity index (χ1v) is 11.8. The molecule has 4 rings (SSSR count). The van der Waals surface area contributed by atoms with Gasteiger partial charge in [0.05, 0.1) is 12.9 Å². The summed E-state index contributed by atoms with van der Waals surface area (Å²) >= 11 is 1.39. The topological polar surface area (TPSA) is 69.0 Å². The van der Waals surface area contributed by atoms with E-state index in [1.807, 2.05) is 77.4 Å². The van der Waals surface area contributed by atoms with Crippen LogP contribution in [-0.2, 0) is 17.6 Å². The Hall–Kier alpha value is -3.58. The van der Waals surface area contributed by atoms with Crippen molar-refractivity contribution in [2.45, 2.75) is 18.0 Å². The highest BCUT2D eigenvalue weighted by atomic mass is 32.2. The number of carbonyl (C=O) groups is 1. The second-order valence-electron chi connectivity index (χ2n) is 7.47. The lowest BCUT2D eigenvalue weighted by Crippen LogP contribution is -2.27. The zero-order valence-electron chi connectivity index (χ0n) is 18.5. The number of nitrogens with one attached hydrogen (secondary N) is 1. The van der Waals surface area contributed by atoms with E-state index in [0.717, 1.165) is 34.8 Å². The maximum atomic E-state index is 12.4. The highest BCUT2D eigenvalue weighted by Gasteiger charge is 2.16. The molecule has 0 atom stereocenters. The molecule has 0 bridgehead atoms. The van der Waals surface area contributed by atoms with E-state index in [1.54, 1.807) is 7.11 Å². The number of carbonyl (C=O) groups excluding carboxylic acids is 1. The molecule has 3 aromatic carbocycles. The minimum absolute atomic E-state index is 0.0271. The van der Waals surface area contributed by atoms with Gasteiger partial charge in [0.25, 0.3) is 0 Å². The molecule has 1 N–H and O–H groups in total. The highest BCUT2D eigenvalue weighted by Crippen LogP contribution is 2.23. The third-order valence-corrected chi connectivity index (χ3v) is 6.08. The summed E-state index contributed by atoms with van der Waals surface area (Å²) in [7, 11) is 1.65. The van der Waals surface area contributed by atoms with Gasteiger partial charge in [0.2, 0.25) is 5.91 Å². The minimum atomic E-state index is -0.0271. The van der Waals surface area contributed by atoms with Gasteiger partial charge in [0, 0.05) is 18.7 Å². The van der Waals surface area contributed by atoms with Crippen LogP contribution in [0.15, 0.2) is 90.1 Å². The number of hydrogen-bond acceptors (Lipinski definition) is 5. The van der Waals surface area contributed by atoms with Gasteiger partial charge in [-0.05, 0) is 41.8 Å². The third-order valence-electron chi connectivity index (χ3n) is 5.15. The van der Waals surface area contributed by atoms with Crippen LogP contribution in [0.2, 0.25) is 0 Å². The van der Waals surface area contributed by atoms with Gasteiger partial charge in [-0.3, -0.25) is 9.36 Å². The van der Waals surface area contributed by atoms with Crippen LogP contribution in [0.5, 0.6) is 5.75 Å². The number of benzene rings is 3. The molecule has 0 unspecified atom stereocenters. The van der Waals surface area contributed by atoms with Crippen LogP contribution < -0.4 is 10.1 Å². The lowest BCUT2D eigenvalue weighted by Gasteiger charge is -2.10. The summed E-state index contributed by atoms with van der Waals surface area (Å²) in [6.07, 6.45) is 1.43. The first kappa shape index (κ1) is 22.6. The monoisotopic (exact) mass is 458 g/mol. The zero-order valence-corrected chi connectivity index (χ0v) is 19.3. The van der Waals surface area contributed by atoms with E-state index in [9.17, 15) is 4.79 Å². The van der Waals surface area contributed by atoms with E-state index in [4.69, 9.17) is 4.74 Å². The van der Waals surface area contributed by atoms with Crippen LogP contribution in [0, 0.1) is 0 Å². The lowest BCUT2D eigenvalue weighted by molar-refractivity contribution is -0.118. The number of methoxy groups -OCH3 is 1. The van der Waals surface area contributed by atoms with Gasteiger partial charge in [0.1, 0.15) is 11.6 Å². The number of aromatic nitrogens is 3. The first-order valence-electron chi connectivity index (χ1n) is 10.8. The summed E-state index contributed by atoms with van der Waals surface area (Å²) in [5.74, 6) is 1.92. The Bertz CT molecular complexity index is 1160. The Kier molecular flexibility index (Phi) is 7.76. The molecule has 168 valence electrons. The number of ether oxygens (including phenoxy) is 1. The lowest BCUT2D eigenvalue weighted by atomic mass is 10.1. The SMILES string of the molecule is COc1ccc(CCNC(=O)CSc2nnc(Cc3ccccc3)n2-c2ccccc2)cc1. The maximum Gasteiger partial charge on any atom is 0.230 e. The predicted octanol–water partition coefficient (Wildman–Crippen LogP) is 4.32. The summed E-state index contributed by atoms with van der Waals surface area (Å²) in [6.45, 7) is 0.580. The molecule has 0 aliphatic heterocycles. The molecule has 0 saturated heterocycles. The van der Waals surface area contributed by atoms with E-state index >= 15 is 0 Å². The average molecular weight is 459 g/mol. The number of amides is 1. The van der Waals surface area contributed by atoms with Gasteiger partial charge < -0.3 is 10.1 Å². The molecule has 33 heavy (non-hydrogen) atoms. The molecule has 7 heteroatoms. The normalized spacial score (nSPS) is 10.7. The summed E-state index contributed by atoms with van der Waals surface area (Å²) in [5, 5.41) is 12.5. The number of para-hydroxylation sites is 1. The highest BCUT2D eigenvalue weighted by molar-refractivity contribution is 7.99. The predicted molar refractivity (Wildman–Crippen MR) is 131 cm³/mol. The van der Waals surface area contributed by atoms with Crippen molar-refractivity contribution in [2.24, 2.45) is 0 Å². The van der Waals surface area contributed by atoms with Crippen LogP contribution in [0.1, 0.15) is 17.0 Å². The number of rotatable bonds is 10. The zero-order chi connectivity index (χ0) is 22.9. The van der Waals surface area contributed by atoms with Gasteiger partial charge in [-0.1, -0.05) is 72.4 Å². The fourth-order valence-electron chi connectivity index (χ4n) is 3.44. The van der Waals surface area contributed by atoms with E-state index in [1.165, 1.54) is 11.8 Å². The van der Waals surface area contributed by atoms with Crippen LogP contribution in [-0.4, -0.2) is 40.1 Å². The Labute approximate surface area is 198 Å². The number of nitrogens with zero attached hydrogens (tertiary/aromatic N) is 3. The Morgan fingerprint density at radius 2 is 1.61 bits per heavy atom. The fourth-order valence-corrected chi connectivity index (χ4v) is 4.24. The molecule has 0 aliphatic rings. The summed E-state index contributed by atoms with van der Waals surface area (Å²) < 4.78 is 7.21. The van der Waals surface area contributed by atoms with Crippen molar-refractivity contribution < 1.29 is 9.53 Å². The van der Waals surface area contributed by atoms with Crippen molar-refractivity contribution in [1.82, 2.24) is 20.1 Å². The molecule has 0 saturated carbocycles. The van der Waals surface area contributed by atoms with Crippen LogP contribution in [0.4, 0.5) is 0 Å². The number of hydrogen-bond donors (Lipinski definition) is 1. The van der Waals surface area contributed by atoms with Crippen LogP contribution in [0.25, 0.3) is 5.69 Å². The Morgan fingerprint density at radius 3 is 2.30 bits per heavy atom. The number of thioether (sulfide) groups is 1. The van der Waals surface area contributed by atoms with Crippen molar-refractivity contribution in [3.63, 3.8) is 0 Å². The van der Waals surface area contributed by atoms with Crippen LogP contribution in [0.3, 0.4) is 0 Å². The minimum Gasteiger partial charge on any atom is -0.497 e. The van der Waals surface area contributed by atoms with E-state index in [-0.39, 0.29) is 11.7 Å². The summed E-state index contributed by atoms with van der Waals surface area (Å²) in [4.78, 5) is 12.4. The molecule has 0 aliphatic carbocycles. The molecule has 0 spiro atoms. The first-order chi connectivity index (χ1) is 16.2. The molecule has 1 aromatic heterocycles. The van der Waals surface area contributed by atoms with Crippen molar-refractivity contribution in [3.05, 3.63) is 102 Å². The van der Waals surface area contributed by atoms with Crippen molar-refractivity contribution in [1.29, 1.82) is 0 Å². The summed E-state index contributed by atoms with van der Waals surface area (Å²) in [5.41, 5.74) is 3.30. The van der Waals surface area contributed by atoms with E-state index in [0.29, 0.717) is 18.1 Å². The Balaban J connectivity index is 1.38. The molecule has 1 amide bonds. The second-order valence-corrected chi connectivity index (χ2v) is 8.41. The van der Waals surface area contributed by atoms with Gasteiger partial charge in [0.15, 0.2) is 5.16 Å². The molecule has 1 heterocycles. The van der Waals surface area contributed by atoms with E-state index < -0.39 is 0 Å². The average Bonchev–Trinajstić information content (AvgIpc) is 3.26. The standard InChI is InChI=1S/C26H26N4O2S/c1-32-23-14-12-20(13-15-23)16-17-27-25(31)19-33-26-29-28-24(18-21-8-4-2-5-9-21)30(26)22-10-6-3-7-11-22/h2-15H,16-19H2,1H3,(H,27,31). The van der Waals surface area contributed by atoms with Crippen molar-refractivity contribution in [3.8, 4) is 11.4 Å². The van der Waals surface area contributed by atoms with E-state index in [2.05, 4.69) is 27.6 Å². The fraction of sp³-hybridized carbons (Fsp3) is 0.192. The van der Waals surface area contributed by atoms with Gasteiger partial charge in [-0.25, -0.2) is 0 Å². The van der Waals surface area contributed by atoms with Crippen molar-refractivity contribution >= 4 is 17.7 Å².